The highest BCUT2D eigenvalue weighted by molar-refractivity contribution is 6.31. The third-order valence-corrected chi connectivity index (χ3v) is 3.93. The zero-order chi connectivity index (χ0) is 18.7. The molecule has 134 valence electrons. The molecule has 26 heavy (non-hydrogen) atoms. The Bertz CT molecular complexity index is 884. The highest BCUT2D eigenvalue weighted by Crippen LogP contribution is 2.32. The van der Waals surface area contributed by atoms with Gasteiger partial charge in [-0.2, -0.15) is 0 Å². The molecule has 7 nitrogen and oxygen atoms in total. The van der Waals surface area contributed by atoms with Crippen LogP contribution in [0, 0.1) is 0 Å². The average molecular weight is 374 g/mol. The van der Waals surface area contributed by atoms with Crippen molar-refractivity contribution in [1.29, 1.82) is 0 Å². The maximum Gasteiger partial charge on any atom is 0.265 e. The Hall–Kier alpha value is -3.06. The summed E-state index contributed by atoms with van der Waals surface area (Å²) in [5, 5.41) is 8.31. The standard InChI is InChI=1S/C18H16ClN3O4/c1-10-17(24)22-14-8-13(5-6-15(14)26-10)21-16(23)9-20-18(25)11-3-2-4-12(19)7-11/h2-8,10H,9H2,1H3,(H,20,25)(H,21,23)(H,22,24)/t10-/m0/s1. The van der Waals surface area contributed by atoms with E-state index in [4.69, 9.17) is 16.3 Å². The lowest BCUT2D eigenvalue weighted by molar-refractivity contribution is -0.122. The first-order valence-electron chi connectivity index (χ1n) is 7.87. The van der Waals surface area contributed by atoms with Gasteiger partial charge in [-0.05, 0) is 43.3 Å². The van der Waals surface area contributed by atoms with Gasteiger partial charge in [-0.3, -0.25) is 14.4 Å². The lowest BCUT2D eigenvalue weighted by atomic mass is 10.2. The summed E-state index contributed by atoms with van der Waals surface area (Å²) >= 11 is 5.84. The van der Waals surface area contributed by atoms with Crippen molar-refractivity contribution in [3.63, 3.8) is 0 Å². The second-order valence-corrected chi connectivity index (χ2v) is 6.14. The summed E-state index contributed by atoms with van der Waals surface area (Å²) in [4.78, 5) is 35.7. The lowest BCUT2D eigenvalue weighted by Gasteiger charge is -2.23. The van der Waals surface area contributed by atoms with Crippen molar-refractivity contribution in [2.24, 2.45) is 0 Å². The molecule has 1 aliphatic heterocycles. The van der Waals surface area contributed by atoms with Gasteiger partial charge in [-0.15, -0.1) is 0 Å². The Labute approximate surface area is 154 Å². The fraction of sp³-hybridized carbons (Fsp3) is 0.167. The maximum atomic E-state index is 12.0. The van der Waals surface area contributed by atoms with E-state index >= 15 is 0 Å². The summed E-state index contributed by atoms with van der Waals surface area (Å²) in [6, 6.07) is 11.3. The summed E-state index contributed by atoms with van der Waals surface area (Å²) in [7, 11) is 0. The van der Waals surface area contributed by atoms with Gasteiger partial charge < -0.3 is 20.7 Å². The minimum absolute atomic E-state index is 0.206. The molecule has 3 rings (SSSR count). The van der Waals surface area contributed by atoms with E-state index in [2.05, 4.69) is 16.0 Å². The van der Waals surface area contributed by atoms with Crippen LogP contribution in [0.4, 0.5) is 11.4 Å². The van der Waals surface area contributed by atoms with Crippen LogP contribution in [0.5, 0.6) is 5.75 Å². The number of benzene rings is 2. The number of hydrogen-bond acceptors (Lipinski definition) is 4. The van der Waals surface area contributed by atoms with Gasteiger partial charge in [0.2, 0.25) is 5.91 Å². The summed E-state index contributed by atoms with van der Waals surface area (Å²) < 4.78 is 5.45. The summed E-state index contributed by atoms with van der Waals surface area (Å²) in [5.74, 6) is -0.529. The summed E-state index contributed by atoms with van der Waals surface area (Å²) in [6.45, 7) is 1.44. The Morgan fingerprint density at radius 3 is 2.81 bits per heavy atom. The van der Waals surface area contributed by atoms with Crippen molar-refractivity contribution in [3.8, 4) is 5.75 Å². The van der Waals surface area contributed by atoms with Gasteiger partial charge in [0.05, 0.1) is 12.2 Å². The molecule has 3 N–H and O–H groups in total. The van der Waals surface area contributed by atoms with Gasteiger partial charge in [0, 0.05) is 16.3 Å². The molecule has 0 bridgehead atoms. The first-order valence-corrected chi connectivity index (χ1v) is 8.25. The van der Waals surface area contributed by atoms with E-state index in [0.29, 0.717) is 27.7 Å². The molecule has 0 radical (unpaired) electrons. The van der Waals surface area contributed by atoms with E-state index < -0.39 is 17.9 Å². The number of amides is 3. The van der Waals surface area contributed by atoms with E-state index in [1.165, 1.54) is 6.07 Å². The average Bonchev–Trinajstić information content (AvgIpc) is 2.61. The predicted molar refractivity (Wildman–Crippen MR) is 97.6 cm³/mol. The zero-order valence-corrected chi connectivity index (χ0v) is 14.6. The van der Waals surface area contributed by atoms with Crippen molar-refractivity contribution in [2.75, 3.05) is 17.2 Å². The van der Waals surface area contributed by atoms with Crippen LogP contribution in [0.25, 0.3) is 0 Å². The third kappa shape index (κ3) is 4.12. The first-order chi connectivity index (χ1) is 12.4. The molecule has 0 aliphatic carbocycles. The molecule has 0 aromatic heterocycles. The summed E-state index contributed by atoms with van der Waals surface area (Å²) in [6.07, 6.45) is -0.565. The predicted octanol–water partition coefficient (Wildman–Crippen LogP) is 2.43. The maximum absolute atomic E-state index is 12.0. The minimum Gasteiger partial charge on any atom is -0.479 e. The zero-order valence-electron chi connectivity index (χ0n) is 13.8. The Kier molecular flexibility index (Phi) is 5.09. The van der Waals surface area contributed by atoms with Crippen LogP contribution in [0.1, 0.15) is 17.3 Å². The molecule has 8 heteroatoms. The van der Waals surface area contributed by atoms with Gasteiger partial charge in [-0.25, -0.2) is 0 Å². The normalized spacial score (nSPS) is 15.3. The second-order valence-electron chi connectivity index (χ2n) is 5.70. The number of halogens is 1. The van der Waals surface area contributed by atoms with Crippen molar-refractivity contribution >= 4 is 40.7 Å². The topological polar surface area (TPSA) is 96.5 Å². The van der Waals surface area contributed by atoms with Crippen molar-refractivity contribution in [3.05, 3.63) is 53.1 Å². The number of anilines is 2. The van der Waals surface area contributed by atoms with Crippen molar-refractivity contribution in [1.82, 2.24) is 5.32 Å². The van der Waals surface area contributed by atoms with Crippen LogP contribution in [0.2, 0.25) is 5.02 Å². The SMILES string of the molecule is C[C@@H]1Oc2ccc(NC(=O)CNC(=O)c3cccc(Cl)c3)cc2NC1=O. The molecule has 3 amide bonds. The van der Waals surface area contributed by atoms with E-state index in [1.807, 2.05) is 0 Å². The van der Waals surface area contributed by atoms with E-state index in [9.17, 15) is 14.4 Å². The Morgan fingerprint density at radius 2 is 2.04 bits per heavy atom. The lowest BCUT2D eigenvalue weighted by Crippen LogP contribution is -2.34. The van der Waals surface area contributed by atoms with Crippen molar-refractivity contribution < 1.29 is 19.1 Å². The first kappa shape index (κ1) is 17.8. The van der Waals surface area contributed by atoms with Crippen LogP contribution < -0.4 is 20.7 Å². The van der Waals surface area contributed by atoms with Crippen LogP contribution in [-0.4, -0.2) is 30.4 Å². The molecular weight excluding hydrogens is 358 g/mol. The third-order valence-electron chi connectivity index (χ3n) is 3.69. The molecule has 1 heterocycles. The molecule has 2 aromatic carbocycles. The van der Waals surface area contributed by atoms with Crippen LogP contribution >= 0.6 is 11.6 Å². The number of ether oxygens (including phenoxy) is 1. The van der Waals surface area contributed by atoms with Gasteiger partial charge in [0.15, 0.2) is 6.10 Å². The molecule has 0 spiro atoms. The Balaban J connectivity index is 1.58. The number of carbonyl (C=O) groups excluding carboxylic acids is 3. The van der Waals surface area contributed by atoms with Crippen LogP contribution in [0.15, 0.2) is 42.5 Å². The number of hydrogen-bond donors (Lipinski definition) is 3. The molecule has 0 fully saturated rings. The largest absolute Gasteiger partial charge is 0.479 e. The fourth-order valence-electron chi connectivity index (χ4n) is 2.38. The van der Waals surface area contributed by atoms with Gasteiger partial charge >= 0.3 is 0 Å². The van der Waals surface area contributed by atoms with Gasteiger partial charge in [-0.1, -0.05) is 17.7 Å². The highest BCUT2D eigenvalue weighted by Gasteiger charge is 2.23. The number of rotatable bonds is 4. The fourth-order valence-corrected chi connectivity index (χ4v) is 2.57. The van der Waals surface area contributed by atoms with E-state index in [0.717, 1.165) is 0 Å². The van der Waals surface area contributed by atoms with E-state index in [-0.39, 0.29) is 12.5 Å². The molecule has 2 aromatic rings. The van der Waals surface area contributed by atoms with E-state index in [1.54, 1.807) is 43.3 Å². The smallest absolute Gasteiger partial charge is 0.265 e. The molecule has 1 aliphatic rings. The van der Waals surface area contributed by atoms with Crippen LogP contribution in [0.3, 0.4) is 0 Å². The molecule has 0 saturated heterocycles. The summed E-state index contributed by atoms with van der Waals surface area (Å²) in [5.41, 5.74) is 1.33. The number of carbonyl (C=O) groups is 3. The highest BCUT2D eigenvalue weighted by atomic mass is 35.5. The monoisotopic (exact) mass is 373 g/mol. The van der Waals surface area contributed by atoms with Crippen molar-refractivity contribution in [2.45, 2.75) is 13.0 Å². The van der Waals surface area contributed by atoms with Crippen LogP contribution in [-0.2, 0) is 9.59 Å². The quantitative estimate of drug-likeness (QED) is 0.766. The molecule has 0 unspecified atom stereocenters. The molecule has 0 saturated carbocycles. The minimum atomic E-state index is -0.565. The second kappa shape index (κ2) is 7.45. The molecule has 1 atom stereocenters. The van der Waals surface area contributed by atoms with Gasteiger partial charge in [0.25, 0.3) is 11.8 Å². The number of nitrogens with one attached hydrogen (secondary N) is 3. The molecular formula is C18H16ClN3O4. The number of fused-ring (bicyclic) bond motifs is 1. The Morgan fingerprint density at radius 1 is 1.23 bits per heavy atom. The van der Waals surface area contributed by atoms with Gasteiger partial charge in [0.1, 0.15) is 5.75 Å².